The number of para-hydroxylation sites is 1. The molecular weight excluding hydrogens is 330 g/mol. The standard InChI is InChI=1S/C24H25NSi/c1-3-10-18(11-4-1)25-21-15-8-7-14-20(21)24-22(25)16-9-17-23(24)26-19-12-5-2-6-13-19/h2-3,5,7-10,12,14-18H,1,4,6,11,13,26H2. The van der Waals surface area contributed by atoms with Gasteiger partial charge in [-0.15, -0.1) is 0 Å². The van der Waals surface area contributed by atoms with Crippen LogP contribution >= 0.6 is 0 Å². The highest BCUT2D eigenvalue weighted by atomic mass is 28.2. The van der Waals surface area contributed by atoms with Crippen molar-refractivity contribution in [2.75, 3.05) is 0 Å². The van der Waals surface area contributed by atoms with Crippen LogP contribution in [0.25, 0.3) is 21.8 Å². The Kier molecular flexibility index (Phi) is 4.14. The van der Waals surface area contributed by atoms with E-state index in [1.165, 1.54) is 53.9 Å². The molecule has 1 nitrogen and oxygen atoms in total. The number of hydrogen-bond donors (Lipinski definition) is 0. The van der Waals surface area contributed by atoms with E-state index >= 15 is 0 Å². The molecule has 2 aliphatic carbocycles. The highest BCUT2D eigenvalue weighted by molar-refractivity contribution is 6.64. The molecule has 2 heteroatoms. The highest BCUT2D eigenvalue weighted by Crippen LogP contribution is 2.34. The van der Waals surface area contributed by atoms with Crippen molar-refractivity contribution in [3.8, 4) is 0 Å². The van der Waals surface area contributed by atoms with Gasteiger partial charge in [-0.25, -0.2) is 0 Å². The minimum absolute atomic E-state index is 0.404. The molecule has 2 aromatic carbocycles. The second-order valence-corrected chi connectivity index (χ2v) is 9.62. The Morgan fingerprint density at radius 3 is 2.69 bits per heavy atom. The fourth-order valence-electron chi connectivity index (χ4n) is 4.68. The van der Waals surface area contributed by atoms with E-state index in [4.69, 9.17) is 0 Å². The van der Waals surface area contributed by atoms with Crippen molar-refractivity contribution in [2.45, 2.75) is 38.1 Å². The lowest BCUT2D eigenvalue weighted by Gasteiger charge is -2.21. The summed E-state index contributed by atoms with van der Waals surface area (Å²) in [6, 6.07) is 16.5. The molecule has 0 N–H and O–H groups in total. The molecule has 5 rings (SSSR count). The van der Waals surface area contributed by atoms with E-state index in [1.54, 1.807) is 10.4 Å². The maximum atomic E-state index is 2.60. The topological polar surface area (TPSA) is 4.93 Å². The van der Waals surface area contributed by atoms with Crippen molar-refractivity contribution in [1.82, 2.24) is 4.57 Å². The summed E-state index contributed by atoms with van der Waals surface area (Å²) < 4.78 is 2.60. The van der Waals surface area contributed by atoms with Crippen LogP contribution in [0.15, 0.2) is 78.0 Å². The fraction of sp³-hybridized carbons (Fsp3) is 0.250. The number of aromatic nitrogens is 1. The van der Waals surface area contributed by atoms with Gasteiger partial charge in [0, 0.05) is 21.8 Å². The summed E-state index contributed by atoms with van der Waals surface area (Å²) in [5.41, 5.74) is 2.83. The van der Waals surface area contributed by atoms with E-state index in [0.29, 0.717) is 6.04 Å². The molecule has 1 atom stereocenters. The summed E-state index contributed by atoms with van der Waals surface area (Å²) in [6.45, 7) is 0. The second-order valence-electron chi connectivity index (χ2n) is 7.59. The monoisotopic (exact) mass is 355 g/mol. The number of benzene rings is 2. The Balaban J connectivity index is 1.73. The summed E-state index contributed by atoms with van der Waals surface area (Å²) in [4.78, 5) is 0. The van der Waals surface area contributed by atoms with Gasteiger partial charge in [-0.1, -0.05) is 71.1 Å². The SMILES string of the molecule is C1=CCCC([SiH2]c2cccc3c2c2ccccc2n3C2C=CCCC2)=C1. The molecule has 1 unspecified atom stereocenters. The lowest BCUT2D eigenvalue weighted by atomic mass is 10.0. The molecule has 0 spiro atoms. The predicted molar refractivity (Wildman–Crippen MR) is 116 cm³/mol. The normalized spacial score (nSPS) is 20.5. The minimum Gasteiger partial charge on any atom is -0.333 e. The third-order valence-corrected chi connectivity index (χ3v) is 7.91. The number of allylic oxidation sites excluding steroid dienone is 6. The number of hydrogen-bond acceptors (Lipinski definition) is 0. The van der Waals surface area contributed by atoms with E-state index in [0.717, 1.165) is 0 Å². The molecule has 0 aliphatic heterocycles. The van der Waals surface area contributed by atoms with Gasteiger partial charge < -0.3 is 4.57 Å². The van der Waals surface area contributed by atoms with Gasteiger partial charge in [0.1, 0.15) is 0 Å². The number of rotatable bonds is 3. The molecule has 1 heterocycles. The number of fused-ring (bicyclic) bond motifs is 3. The van der Waals surface area contributed by atoms with Crippen molar-refractivity contribution in [3.63, 3.8) is 0 Å². The third kappa shape index (κ3) is 2.69. The van der Waals surface area contributed by atoms with Crippen LogP contribution in [0.1, 0.15) is 38.1 Å². The van der Waals surface area contributed by atoms with Crippen molar-refractivity contribution in [3.05, 3.63) is 78.0 Å². The first-order valence-electron chi connectivity index (χ1n) is 9.93. The van der Waals surface area contributed by atoms with Crippen LogP contribution in [0.2, 0.25) is 0 Å². The minimum atomic E-state index is -0.404. The molecule has 1 aromatic heterocycles. The summed E-state index contributed by atoms with van der Waals surface area (Å²) in [5.74, 6) is 0. The van der Waals surface area contributed by atoms with Gasteiger partial charge in [0.2, 0.25) is 0 Å². The fourth-order valence-corrected chi connectivity index (χ4v) is 6.61. The smallest absolute Gasteiger partial charge is 0.0833 e. The zero-order valence-corrected chi connectivity index (χ0v) is 16.6. The van der Waals surface area contributed by atoms with Gasteiger partial charge in [0.05, 0.1) is 15.6 Å². The molecule has 130 valence electrons. The third-order valence-electron chi connectivity index (χ3n) is 5.90. The lowest BCUT2D eigenvalue weighted by molar-refractivity contribution is 0.542. The molecule has 0 amide bonds. The summed E-state index contributed by atoms with van der Waals surface area (Å²) in [7, 11) is -0.404. The highest BCUT2D eigenvalue weighted by Gasteiger charge is 2.19. The van der Waals surface area contributed by atoms with E-state index in [-0.39, 0.29) is 0 Å². The van der Waals surface area contributed by atoms with Crippen LogP contribution in [-0.2, 0) is 0 Å². The van der Waals surface area contributed by atoms with Crippen molar-refractivity contribution in [1.29, 1.82) is 0 Å². The first-order valence-corrected chi connectivity index (χ1v) is 11.3. The van der Waals surface area contributed by atoms with E-state index in [2.05, 4.69) is 77.4 Å². The Bertz CT molecular complexity index is 1050. The first kappa shape index (κ1) is 15.9. The average Bonchev–Trinajstić information content (AvgIpc) is 3.05. The molecule has 2 aliphatic rings. The second kappa shape index (κ2) is 6.77. The Hall–Kier alpha value is -2.32. The zero-order chi connectivity index (χ0) is 17.3. The quantitative estimate of drug-likeness (QED) is 0.455. The Morgan fingerprint density at radius 2 is 1.85 bits per heavy atom. The molecule has 0 saturated heterocycles. The van der Waals surface area contributed by atoms with E-state index in [1.807, 2.05) is 0 Å². The summed E-state index contributed by atoms with van der Waals surface area (Å²) in [5, 5.41) is 6.26. The van der Waals surface area contributed by atoms with Gasteiger partial charge in [0.25, 0.3) is 0 Å². The van der Waals surface area contributed by atoms with Crippen LogP contribution in [0.3, 0.4) is 0 Å². The summed E-state index contributed by atoms with van der Waals surface area (Å²) in [6.07, 6.45) is 17.9. The van der Waals surface area contributed by atoms with Gasteiger partial charge in [-0.3, -0.25) is 0 Å². The molecule has 0 saturated carbocycles. The summed E-state index contributed by atoms with van der Waals surface area (Å²) >= 11 is 0. The molecule has 0 radical (unpaired) electrons. The van der Waals surface area contributed by atoms with E-state index < -0.39 is 9.52 Å². The lowest BCUT2D eigenvalue weighted by Crippen LogP contribution is -2.18. The van der Waals surface area contributed by atoms with Gasteiger partial charge >= 0.3 is 0 Å². The van der Waals surface area contributed by atoms with Gasteiger partial charge in [0.15, 0.2) is 0 Å². The number of nitrogens with zero attached hydrogens (tertiary/aromatic N) is 1. The maximum Gasteiger partial charge on any atom is 0.0833 e. The molecule has 0 fully saturated rings. The van der Waals surface area contributed by atoms with Crippen LogP contribution < -0.4 is 5.19 Å². The predicted octanol–water partition coefficient (Wildman–Crippen LogP) is 5.10. The van der Waals surface area contributed by atoms with Crippen LogP contribution in [-0.4, -0.2) is 14.1 Å². The molecular formula is C24H25NSi. The van der Waals surface area contributed by atoms with Crippen LogP contribution in [0, 0.1) is 0 Å². The van der Waals surface area contributed by atoms with E-state index in [9.17, 15) is 0 Å². The molecule has 0 bridgehead atoms. The molecule has 26 heavy (non-hydrogen) atoms. The Labute approximate surface area is 157 Å². The zero-order valence-electron chi connectivity index (χ0n) is 15.2. The maximum absolute atomic E-state index is 2.60. The van der Waals surface area contributed by atoms with Crippen molar-refractivity contribution >= 4 is 36.5 Å². The van der Waals surface area contributed by atoms with Crippen molar-refractivity contribution < 1.29 is 0 Å². The van der Waals surface area contributed by atoms with Crippen LogP contribution in [0.4, 0.5) is 0 Å². The van der Waals surface area contributed by atoms with Crippen LogP contribution in [0.5, 0.6) is 0 Å². The first-order chi connectivity index (χ1) is 12.9. The largest absolute Gasteiger partial charge is 0.333 e. The van der Waals surface area contributed by atoms with Gasteiger partial charge in [-0.05, 0) is 44.2 Å². The van der Waals surface area contributed by atoms with Gasteiger partial charge in [-0.2, -0.15) is 0 Å². The average molecular weight is 356 g/mol. The Morgan fingerprint density at radius 1 is 0.923 bits per heavy atom. The molecule has 3 aromatic rings. The van der Waals surface area contributed by atoms with Crippen molar-refractivity contribution in [2.24, 2.45) is 0 Å².